The van der Waals surface area contributed by atoms with Crippen LogP contribution >= 0.6 is 0 Å². The summed E-state index contributed by atoms with van der Waals surface area (Å²) in [6.45, 7) is 1.60. The first-order chi connectivity index (χ1) is 6.34. The van der Waals surface area contributed by atoms with E-state index in [9.17, 15) is 18.4 Å². The van der Waals surface area contributed by atoms with Crippen molar-refractivity contribution in [3.05, 3.63) is 0 Å². The van der Waals surface area contributed by atoms with Gasteiger partial charge in [-0.2, -0.15) is 8.78 Å². The van der Waals surface area contributed by atoms with Gasteiger partial charge in [0, 0.05) is 6.92 Å². The Morgan fingerprint density at radius 1 is 1.50 bits per heavy atom. The summed E-state index contributed by atoms with van der Waals surface area (Å²) in [5.41, 5.74) is -1.31. The number of rotatable bonds is 4. The molecule has 0 aliphatic rings. The molecule has 0 atom stereocenters. The van der Waals surface area contributed by atoms with E-state index in [4.69, 9.17) is 5.21 Å². The van der Waals surface area contributed by atoms with Gasteiger partial charge < -0.3 is 9.94 Å². The minimum atomic E-state index is -3.77. The Labute approximate surface area is 78.3 Å². The van der Waals surface area contributed by atoms with Gasteiger partial charge in [0.15, 0.2) is 0 Å². The molecule has 7 heteroatoms. The molecule has 0 aromatic carbocycles. The first kappa shape index (κ1) is 12.5. The molecular formula is C7H9F2NO4. The summed E-state index contributed by atoms with van der Waals surface area (Å²) in [7, 11) is 0. The summed E-state index contributed by atoms with van der Waals surface area (Å²) in [6, 6.07) is 0. The van der Waals surface area contributed by atoms with Gasteiger partial charge in [0.1, 0.15) is 0 Å². The molecule has 0 saturated heterocycles. The van der Waals surface area contributed by atoms with Crippen LogP contribution in [0, 0.1) is 0 Å². The lowest BCUT2D eigenvalue weighted by Gasteiger charge is -2.08. The summed E-state index contributed by atoms with van der Waals surface area (Å²) in [5.74, 6) is -7.02. The molecule has 80 valence electrons. The lowest BCUT2D eigenvalue weighted by atomic mass is 10.1. The van der Waals surface area contributed by atoms with Gasteiger partial charge in [-0.3, -0.25) is 4.79 Å². The summed E-state index contributed by atoms with van der Waals surface area (Å²) in [6.07, 6.45) is 0. The van der Waals surface area contributed by atoms with Crippen molar-refractivity contribution in [2.45, 2.75) is 19.8 Å². The number of oxime groups is 1. The average molecular weight is 209 g/mol. The van der Waals surface area contributed by atoms with E-state index in [0.29, 0.717) is 6.92 Å². The lowest BCUT2D eigenvalue weighted by molar-refractivity contribution is -0.140. The van der Waals surface area contributed by atoms with Crippen LogP contribution in [0.15, 0.2) is 5.16 Å². The second-order valence-corrected chi connectivity index (χ2v) is 2.39. The molecule has 0 aromatic heterocycles. The van der Waals surface area contributed by atoms with Crippen molar-refractivity contribution in [3.8, 4) is 0 Å². The molecule has 0 aliphatic heterocycles. The lowest BCUT2D eigenvalue weighted by Crippen LogP contribution is -2.37. The van der Waals surface area contributed by atoms with Gasteiger partial charge in [0.25, 0.3) is 5.78 Å². The van der Waals surface area contributed by atoms with Crippen LogP contribution in [0.4, 0.5) is 8.78 Å². The molecule has 0 aromatic rings. The van der Waals surface area contributed by atoms with Crippen molar-refractivity contribution in [2.24, 2.45) is 5.16 Å². The zero-order chi connectivity index (χ0) is 11.4. The number of esters is 1. The van der Waals surface area contributed by atoms with E-state index in [1.165, 1.54) is 6.92 Å². The number of hydrogen-bond donors (Lipinski definition) is 1. The number of Topliss-reactive ketones (excluding diaryl/α,β-unsaturated/α-hetero) is 1. The molecular weight excluding hydrogens is 200 g/mol. The van der Waals surface area contributed by atoms with Crippen LogP contribution in [0.2, 0.25) is 0 Å². The van der Waals surface area contributed by atoms with Crippen molar-refractivity contribution in [2.75, 3.05) is 6.61 Å². The van der Waals surface area contributed by atoms with Crippen LogP contribution in [0.1, 0.15) is 13.8 Å². The number of halogens is 2. The van der Waals surface area contributed by atoms with Gasteiger partial charge in [0.05, 0.1) is 6.61 Å². The van der Waals surface area contributed by atoms with Crippen LogP contribution < -0.4 is 0 Å². The van der Waals surface area contributed by atoms with E-state index >= 15 is 0 Å². The molecule has 0 amide bonds. The van der Waals surface area contributed by atoms with Gasteiger partial charge >= 0.3 is 11.9 Å². The molecule has 0 fully saturated rings. The predicted molar refractivity (Wildman–Crippen MR) is 41.5 cm³/mol. The Morgan fingerprint density at radius 2 is 2.00 bits per heavy atom. The Balaban J connectivity index is 4.77. The van der Waals surface area contributed by atoms with Gasteiger partial charge in [-0.15, -0.1) is 0 Å². The molecule has 0 spiro atoms. The molecule has 5 nitrogen and oxygen atoms in total. The number of alkyl halides is 2. The van der Waals surface area contributed by atoms with Gasteiger partial charge in [-0.1, -0.05) is 5.16 Å². The number of ketones is 1. The molecule has 0 saturated carbocycles. The highest BCUT2D eigenvalue weighted by molar-refractivity contribution is 6.65. The minimum absolute atomic E-state index is 0.111. The van der Waals surface area contributed by atoms with Crippen molar-refractivity contribution in [1.82, 2.24) is 0 Å². The topological polar surface area (TPSA) is 76.0 Å². The molecule has 0 radical (unpaired) electrons. The Bertz CT molecular complexity index is 269. The standard InChI is InChI=1S/C7H9F2NO4/c1-3-14-6(12)4(10-13)5(11)7(2,8)9/h13H,3H2,1-2H3. The van der Waals surface area contributed by atoms with E-state index < -0.39 is 23.4 Å². The molecule has 14 heavy (non-hydrogen) atoms. The normalized spacial score (nSPS) is 12.4. The third kappa shape index (κ3) is 3.08. The third-order valence-corrected chi connectivity index (χ3v) is 1.18. The molecule has 0 unspecified atom stereocenters. The zero-order valence-electron chi connectivity index (χ0n) is 7.58. The summed E-state index contributed by atoms with van der Waals surface area (Å²) in [5, 5.41) is 10.4. The zero-order valence-corrected chi connectivity index (χ0v) is 7.58. The van der Waals surface area contributed by atoms with Crippen LogP contribution in [-0.2, 0) is 14.3 Å². The summed E-state index contributed by atoms with van der Waals surface area (Å²) < 4.78 is 29.0. The number of carbonyl (C=O) groups excluding carboxylic acids is 2. The third-order valence-electron chi connectivity index (χ3n) is 1.18. The van der Waals surface area contributed by atoms with E-state index in [2.05, 4.69) is 9.89 Å². The Kier molecular flexibility index (Phi) is 4.13. The minimum Gasteiger partial charge on any atom is -0.461 e. The number of ether oxygens (including phenoxy) is 1. The van der Waals surface area contributed by atoms with E-state index in [-0.39, 0.29) is 6.61 Å². The smallest absolute Gasteiger partial charge is 0.364 e. The highest BCUT2D eigenvalue weighted by Gasteiger charge is 2.40. The Hall–Kier alpha value is -1.53. The maximum absolute atomic E-state index is 12.4. The van der Waals surface area contributed by atoms with Crippen LogP contribution in [-0.4, -0.2) is 35.2 Å². The quantitative estimate of drug-likeness (QED) is 0.242. The second kappa shape index (κ2) is 4.64. The monoisotopic (exact) mass is 209 g/mol. The molecule has 0 bridgehead atoms. The SMILES string of the molecule is CCOC(=O)C(=NO)C(=O)C(C)(F)F. The maximum atomic E-state index is 12.4. The fourth-order valence-corrected chi connectivity index (χ4v) is 0.586. The molecule has 0 rings (SSSR count). The van der Waals surface area contributed by atoms with Crippen LogP contribution in [0.25, 0.3) is 0 Å². The average Bonchev–Trinajstić information content (AvgIpc) is 2.04. The van der Waals surface area contributed by atoms with Crippen molar-refractivity contribution in [1.29, 1.82) is 0 Å². The van der Waals surface area contributed by atoms with Crippen molar-refractivity contribution in [3.63, 3.8) is 0 Å². The van der Waals surface area contributed by atoms with E-state index in [0.717, 1.165) is 0 Å². The second-order valence-electron chi connectivity index (χ2n) is 2.39. The first-order valence-electron chi connectivity index (χ1n) is 3.66. The van der Waals surface area contributed by atoms with Gasteiger partial charge in [-0.05, 0) is 6.92 Å². The van der Waals surface area contributed by atoms with E-state index in [1.54, 1.807) is 0 Å². The number of nitrogens with zero attached hydrogens (tertiary/aromatic N) is 1. The van der Waals surface area contributed by atoms with Crippen LogP contribution in [0.3, 0.4) is 0 Å². The molecule has 0 heterocycles. The van der Waals surface area contributed by atoms with Gasteiger partial charge in [-0.25, -0.2) is 4.79 Å². The fourth-order valence-electron chi connectivity index (χ4n) is 0.586. The van der Waals surface area contributed by atoms with Crippen LogP contribution in [0.5, 0.6) is 0 Å². The Morgan fingerprint density at radius 3 is 2.29 bits per heavy atom. The van der Waals surface area contributed by atoms with E-state index in [1.807, 2.05) is 0 Å². The number of hydrogen-bond acceptors (Lipinski definition) is 5. The van der Waals surface area contributed by atoms with Crippen molar-refractivity contribution >= 4 is 17.5 Å². The molecule has 1 N–H and O–H groups in total. The first-order valence-corrected chi connectivity index (χ1v) is 3.66. The maximum Gasteiger partial charge on any atom is 0.364 e. The van der Waals surface area contributed by atoms with Gasteiger partial charge in [0.2, 0.25) is 5.71 Å². The largest absolute Gasteiger partial charge is 0.461 e. The predicted octanol–water partition coefficient (Wildman–Crippen LogP) is 0.604. The fraction of sp³-hybridized carbons (Fsp3) is 0.571. The number of carbonyl (C=O) groups is 2. The summed E-state index contributed by atoms with van der Waals surface area (Å²) in [4.78, 5) is 21.6. The highest BCUT2D eigenvalue weighted by Crippen LogP contribution is 2.14. The molecule has 0 aliphatic carbocycles. The summed E-state index contributed by atoms with van der Waals surface area (Å²) >= 11 is 0. The highest BCUT2D eigenvalue weighted by atomic mass is 19.3. The van der Waals surface area contributed by atoms with Crippen molar-refractivity contribution < 1.29 is 28.3 Å².